The molecule has 0 saturated carbocycles. The Hall–Kier alpha value is -2.53. The first kappa shape index (κ1) is 25.6. The Labute approximate surface area is 210 Å². The molecule has 35 heavy (non-hydrogen) atoms. The van der Waals surface area contributed by atoms with Gasteiger partial charge in [0.2, 0.25) is 12.5 Å². The van der Waals surface area contributed by atoms with E-state index in [-0.39, 0.29) is 18.6 Å². The number of ketones is 1. The summed E-state index contributed by atoms with van der Waals surface area (Å²) in [5.74, 6) is 2.21. The van der Waals surface area contributed by atoms with Crippen molar-refractivity contribution in [1.82, 2.24) is 4.90 Å². The van der Waals surface area contributed by atoms with E-state index in [0.717, 1.165) is 37.1 Å². The van der Waals surface area contributed by atoms with Crippen molar-refractivity contribution >= 4 is 5.78 Å². The highest BCUT2D eigenvalue weighted by Crippen LogP contribution is 2.50. The summed E-state index contributed by atoms with van der Waals surface area (Å²) < 4.78 is 17.0. The Bertz CT molecular complexity index is 1060. The summed E-state index contributed by atoms with van der Waals surface area (Å²) in [6.07, 6.45) is 13.0. The Morgan fingerprint density at radius 3 is 2.83 bits per heavy atom. The number of benzene rings is 1. The van der Waals surface area contributed by atoms with Gasteiger partial charge in [0, 0.05) is 24.6 Å². The number of hydrogen-bond acceptors (Lipinski definition) is 5. The van der Waals surface area contributed by atoms with Crippen molar-refractivity contribution in [3.8, 4) is 17.2 Å². The van der Waals surface area contributed by atoms with Gasteiger partial charge in [-0.05, 0) is 82.5 Å². The van der Waals surface area contributed by atoms with E-state index in [4.69, 9.17) is 14.2 Å². The number of carbonyl (C=O) groups excluding carboxylic acids is 1. The molecule has 0 saturated heterocycles. The molecule has 0 spiro atoms. The molecule has 0 bridgehead atoms. The number of hydrogen-bond donors (Lipinski definition) is 0. The van der Waals surface area contributed by atoms with Crippen LogP contribution in [0.3, 0.4) is 0 Å². The van der Waals surface area contributed by atoms with Crippen LogP contribution < -0.4 is 14.2 Å². The molecule has 2 heterocycles. The number of fused-ring (bicyclic) bond motifs is 2. The number of likely N-dealkylation sites (N-methyl/N-ethyl adjacent to an activating group) is 1. The predicted octanol–water partition coefficient (Wildman–Crippen LogP) is 6.72. The van der Waals surface area contributed by atoms with E-state index in [1.807, 2.05) is 6.08 Å². The van der Waals surface area contributed by atoms with Crippen LogP contribution in [0.2, 0.25) is 0 Å². The molecule has 5 nitrogen and oxygen atoms in total. The summed E-state index contributed by atoms with van der Waals surface area (Å²) in [5, 5.41) is 0. The van der Waals surface area contributed by atoms with E-state index < -0.39 is 0 Å². The largest absolute Gasteiger partial charge is 0.492 e. The van der Waals surface area contributed by atoms with Gasteiger partial charge < -0.3 is 14.2 Å². The third-order valence-corrected chi connectivity index (χ3v) is 8.06. The van der Waals surface area contributed by atoms with E-state index in [2.05, 4.69) is 51.8 Å². The minimum absolute atomic E-state index is 0.0473. The first-order chi connectivity index (χ1) is 16.7. The lowest BCUT2D eigenvalue weighted by Gasteiger charge is -2.35. The molecule has 0 aromatic heterocycles. The van der Waals surface area contributed by atoms with Crippen LogP contribution in [-0.2, 0) is 11.2 Å². The van der Waals surface area contributed by atoms with Crippen molar-refractivity contribution in [2.45, 2.75) is 78.7 Å². The molecule has 2 aliphatic heterocycles. The second-order valence-corrected chi connectivity index (χ2v) is 11.0. The molecule has 1 aliphatic carbocycles. The van der Waals surface area contributed by atoms with Crippen molar-refractivity contribution in [3.63, 3.8) is 0 Å². The van der Waals surface area contributed by atoms with Crippen LogP contribution in [0.1, 0.15) is 83.4 Å². The van der Waals surface area contributed by atoms with Gasteiger partial charge in [-0.15, -0.1) is 0 Å². The molecule has 1 aromatic carbocycles. The number of ether oxygens (including phenoxy) is 3. The highest BCUT2D eigenvalue weighted by atomic mass is 16.7. The van der Waals surface area contributed by atoms with Crippen LogP contribution in [-0.4, -0.2) is 38.2 Å². The van der Waals surface area contributed by atoms with Gasteiger partial charge in [-0.3, -0.25) is 9.69 Å². The fourth-order valence-electron chi connectivity index (χ4n) is 5.99. The zero-order valence-corrected chi connectivity index (χ0v) is 22.3. The average Bonchev–Trinajstić information content (AvgIpc) is 3.27. The number of carbonyl (C=O) groups is 1. The maximum absolute atomic E-state index is 13.0. The highest BCUT2D eigenvalue weighted by molar-refractivity contribution is 5.90. The van der Waals surface area contributed by atoms with Crippen LogP contribution >= 0.6 is 0 Å². The molecule has 1 atom stereocenters. The summed E-state index contributed by atoms with van der Waals surface area (Å²) in [4.78, 5) is 15.2. The monoisotopic (exact) mass is 479 g/mol. The Morgan fingerprint density at radius 1 is 1.29 bits per heavy atom. The third kappa shape index (κ3) is 5.50. The Morgan fingerprint density at radius 2 is 2.09 bits per heavy atom. The molecule has 0 N–H and O–H groups in total. The molecule has 0 fully saturated rings. The van der Waals surface area contributed by atoms with Crippen molar-refractivity contribution in [1.29, 1.82) is 0 Å². The third-order valence-electron chi connectivity index (χ3n) is 8.06. The number of methoxy groups -OCH3 is 1. The van der Waals surface area contributed by atoms with Crippen molar-refractivity contribution in [3.05, 3.63) is 52.1 Å². The molecule has 3 aliphatic rings. The van der Waals surface area contributed by atoms with Gasteiger partial charge in [-0.1, -0.05) is 42.7 Å². The molecule has 5 heteroatoms. The highest BCUT2D eigenvalue weighted by Gasteiger charge is 2.34. The van der Waals surface area contributed by atoms with Crippen molar-refractivity contribution < 1.29 is 19.0 Å². The van der Waals surface area contributed by atoms with Gasteiger partial charge in [0.15, 0.2) is 17.3 Å². The van der Waals surface area contributed by atoms with Gasteiger partial charge in [-0.25, -0.2) is 0 Å². The minimum atomic E-state index is -0.0473. The summed E-state index contributed by atoms with van der Waals surface area (Å²) in [6.45, 7) is 10.3. The van der Waals surface area contributed by atoms with Crippen LogP contribution in [0.25, 0.3) is 0 Å². The summed E-state index contributed by atoms with van der Waals surface area (Å²) in [6, 6.07) is 2.01. The summed E-state index contributed by atoms with van der Waals surface area (Å²) in [7, 11) is 3.73. The van der Waals surface area contributed by atoms with Crippen LogP contribution in [0.5, 0.6) is 17.2 Å². The molecular weight excluding hydrogens is 438 g/mol. The molecule has 0 radical (unpaired) electrons. The molecule has 1 aromatic rings. The molecule has 1 unspecified atom stereocenters. The number of nitrogens with zero attached hydrogens (tertiary/aromatic N) is 1. The standard InChI is InChI=1S/C30H41NO4/c1-20(12-13-24-21(2)10-8-15-30(24,3)4)9-7-11-23(32)18-25-27-22(14-16-31(25)5)17-26-28(29(27)33-6)35-19-34-26/h7,9,11,17,25H,8,10,12-16,18-19H2,1-6H3/b11-7+,20-9-. The van der Waals surface area contributed by atoms with E-state index >= 15 is 0 Å². The average molecular weight is 480 g/mol. The van der Waals surface area contributed by atoms with Gasteiger partial charge in [0.1, 0.15) is 0 Å². The van der Waals surface area contributed by atoms with Crippen molar-refractivity contribution in [2.24, 2.45) is 5.41 Å². The lowest BCUT2D eigenvalue weighted by Crippen LogP contribution is -2.33. The van der Waals surface area contributed by atoms with E-state index in [9.17, 15) is 4.79 Å². The van der Waals surface area contributed by atoms with Gasteiger partial charge in [0.05, 0.1) is 7.11 Å². The molecule has 190 valence electrons. The zero-order chi connectivity index (χ0) is 25.2. The second kappa shape index (κ2) is 10.6. The van der Waals surface area contributed by atoms with Crippen LogP contribution in [0, 0.1) is 5.41 Å². The van der Waals surface area contributed by atoms with Crippen LogP contribution in [0.4, 0.5) is 0 Å². The normalized spacial score (nSPS) is 22.0. The SMILES string of the molecule is COc1c2c(cc3c1C(CC(=O)/C=C/C=C(/C)CCC1=C(C)CCCC1(C)C)N(C)CC3)OCO2. The summed E-state index contributed by atoms with van der Waals surface area (Å²) >= 11 is 0. The fraction of sp³-hybridized carbons (Fsp3) is 0.567. The number of rotatable bonds is 8. The van der Waals surface area contributed by atoms with Gasteiger partial charge in [0.25, 0.3) is 0 Å². The number of allylic oxidation sites excluding steroid dienone is 6. The molecule has 4 rings (SSSR count). The Balaban J connectivity index is 1.42. The molecule has 0 amide bonds. The lowest BCUT2D eigenvalue weighted by atomic mass is 9.71. The smallest absolute Gasteiger partial charge is 0.231 e. The topological polar surface area (TPSA) is 48.0 Å². The maximum atomic E-state index is 13.0. The zero-order valence-electron chi connectivity index (χ0n) is 22.3. The maximum Gasteiger partial charge on any atom is 0.231 e. The quantitative estimate of drug-likeness (QED) is 0.235. The molecular formula is C30H41NO4. The first-order valence-corrected chi connectivity index (χ1v) is 13.0. The fourth-order valence-corrected chi connectivity index (χ4v) is 5.99. The first-order valence-electron chi connectivity index (χ1n) is 13.0. The Kier molecular flexibility index (Phi) is 7.75. The van der Waals surface area contributed by atoms with E-state index in [0.29, 0.717) is 23.3 Å². The second-order valence-electron chi connectivity index (χ2n) is 11.0. The van der Waals surface area contributed by atoms with Gasteiger partial charge >= 0.3 is 0 Å². The predicted molar refractivity (Wildman–Crippen MR) is 140 cm³/mol. The van der Waals surface area contributed by atoms with E-state index in [1.54, 1.807) is 24.3 Å². The lowest BCUT2D eigenvalue weighted by molar-refractivity contribution is -0.115. The van der Waals surface area contributed by atoms with Crippen molar-refractivity contribution in [2.75, 3.05) is 27.5 Å². The van der Waals surface area contributed by atoms with E-state index in [1.165, 1.54) is 30.4 Å². The van der Waals surface area contributed by atoms with Gasteiger partial charge in [-0.2, -0.15) is 0 Å². The summed E-state index contributed by atoms with van der Waals surface area (Å²) in [5.41, 5.74) is 7.06. The van der Waals surface area contributed by atoms with Crippen LogP contribution in [0.15, 0.2) is 41.0 Å². The minimum Gasteiger partial charge on any atom is -0.492 e.